The van der Waals surface area contributed by atoms with Gasteiger partial charge in [-0.1, -0.05) is 6.07 Å². The SMILES string of the molecule is O=C1C(Cl)SCN1c1cccc(C(F)(F)F)c1F. The summed E-state index contributed by atoms with van der Waals surface area (Å²) >= 11 is 6.64. The summed E-state index contributed by atoms with van der Waals surface area (Å²) in [4.78, 5) is 12.5. The normalized spacial score (nSPS) is 20.6. The summed E-state index contributed by atoms with van der Waals surface area (Å²) in [5.41, 5.74) is -1.79. The zero-order chi connectivity index (χ0) is 13.5. The van der Waals surface area contributed by atoms with Crippen LogP contribution in [-0.4, -0.2) is 16.5 Å². The van der Waals surface area contributed by atoms with Crippen molar-refractivity contribution in [3.05, 3.63) is 29.6 Å². The number of carbonyl (C=O) groups excluding carboxylic acids is 1. The average molecular weight is 300 g/mol. The van der Waals surface area contributed by atoms with Crippen LogP contribution in [0.4, 0.5) is 23.2 Å². The maximum Gasteiger partial charge on any atom is 0.419 e. The highest BCUT2D eigenvalue weighted by atomic mass is 35.5. The van der Waals surface area contributed by atoms with Crippen molar-refractivity contribution in [1.29, 1.82) is 0 Å². The molecule has 18 heavy (non-hydrogen) atoms. The van der Waals surface area contributed by atoms with Gasteiger partial charge in [0.25, 0.3) is 5.91 Å². The van der Waals surface area contributed by atoms with Crippen LogP contribution < -0.4 is 4.90 Å². The van der Waals surface area contributed by atoms with Gasteiger partial charge in [0.05, 0.1) is 17.1 Å². The van der Waals surface area contributed by atoms with Gasteiger partial charge in [-0.2, -0.15) is 13.2 Å². The van der Waals surface area contributed by atoms with Gasteiger partial charge in [-0.15, -0.1) is 23.4 Å². The number of rotatable bonds is 1. The Bertz CT molecular complexity index is 493. The first-order valence-electron chi connectivity index (χ1n) is 4.75. The summed E-state index contributed by atoms with van der Waals surface area (Å²) in [5.74, 6) is -2.03. The molecule has 1 aromatic carbocycles. The maximum absolute atomic E-state index is 13.8. The highest BCUT2D eigenvalue weighted by molar-refractivity contribution is 8.02. The molecule has 1 unspecified atom stereocenters. The fourth-order valence-electron chi connectivity index (χ4n) is 1.53. The lowest BCUT2D eigenvalue weighted by Crippen LogP contribution is -2.28. The van der Waals surface area contributed by atoms with Crippen LogP contribution in [0.15, 0.2) is 18.2 Å². The fourth-order valence-corrected chi connectivity index (χ4v) is 2.64. The van der Waals surface area contributed by atoms with Crippen molar-refractivity contribution < 1.29 is 22.4 Å². The third kappa shape index (κ3) is 2.29. The number of carbonyl (C=O) groups is 1. The molecule has 0 saturated carbocycles. The summed E-state index contributed by atoms with van der Waals surface area (Å²) in [6, 6.07) is 2.81. The van der Waals surface area contributed by atoms with Crippen molar-refractivity contribution in [1.82, 2.24) is 0 Å². The molecule has 1 aromatic rings. The molecular formula is C10H6ClF4NOS. The predicted molar refractivity (Wildman–Crippen MR) is 61.0 cm³/mol. The zero-order valence-corrected chi connectivity index (χ0v) is 10.2. The van der Waals surface area contributed by atoms with Gasteiger partial charge < -0.3 is 0 Å². The number of alkyl halides is 4. The van der Waals surface area contributed by atoms with E-state index in [0.717, 1.165) is 28.8 Å². The standard InChI is InChI=1S/C10H6ClF4NOS/c11-8-9(17)16(4-18-8)6-3-1-2-5(7(6)12)10(13,14)15/h1-3,8H,4H2. The molecule has 0 spiro atoms. The molecular weight excluding hydrogens is 294 g/mol. The van der Waals surface area contributed by atoms with Crippen molar-refractivity contribution in [2.24, 2.45) is 0 Å². The first kappa shape index (κ1) is 13.5. The van der Waals surface area contributed by atoms with Crippen LogP contribution in [0.25, 0.3) is 0 Å². The van der Waals surface area contributed by atoms with E-state index in [4.69, 9.17) is 11.6 Å². The second kappa shape index (κ2) is 4.62. The minimum atomic E-state index is -4.80. The van der Waals surface area contributed by atoms with Crippen LogP contribution in [0.2, 0.25) is 0 Å². The molecule has 1 heterocycles. The zero-order valence-electron chi connectivity index (χ0n) is 8.67. The van der Waals surface area contributed by atoms with Crippen molar-refractivity contribution in [3.8, 4) is 0 Å². The average Bonchev–Trinajstić information content (AvgIpc) is 2.59. The lowest BCUT2D eigenvalue weighted by molar-refractivity contribution is -0.140. The second-order valence-corrected chi connectivity index (χ2v) is 5.27. The van der Waals surface area contributed by atoms with Crippen molar-refractivity contribution >= 4 is 35.0 Å². The van der Waals surface area contributed by atoms with Crippen LogP contribution in [-0.2, 0) is 11.0 Å². The molecule has 0 N–H and O–H groups in total. The summed E-state index contributed by atoms with van der Waals surface area (Å²) < 4.78 is 50.4. The van der Waals surface area contributed by atoms with Crippen molar-refractivity contribution in [2.75, 3.05) is 10.8 Å². The number of hydrogen-bond acceptors (Lipinski definition) is 2. The lowest BCUT2D eigenvalue weighted by atomic mass is 10.1. The number of nitrogens with zero attached hydrogens (tertiary/aromatic N) is 1. The van der Waals surface area contributed by atoms with E-state index in [0.29, 0.717) is 6.07 Å². The summed E-state index contributed by atoms with van der Waals surface area (Å²) in [5, 5.41) is 0. The Hall–Kier alpha value is -0.950. The van der Waals surface area contributed by atoms with Gasteiger partial charge in [-0.3, -0.25) is 9.69 Å². The van der Waals surface area contributed by atoms with E-state index in [2.05, 4.69) is 0 Å². The second-order valence-electron chi connectivity index (χ2n) is 3.51. The van der Waals surface area contributed by atoms with E-state index in [-0.39, 0.29) is 5.88 Å². The first-order chi connectivity index (χ1) is 8.32. The number of halogens is 5. The Balaban J connectivity index is 2.44. The Morgan fingerprint density at radius 1 is 1.39 bits per heavy atom. The van der Waals surface area contributed by atoms with Crippen molar-refractivity contribution in [3.63, 3.8) is 0 Å². The van der Waals surface area contributed by atoms with Crippen LogP contribution in [0, 0.1) is 5.82 Å². The van der Waals surface area contributed by atoms with E-state index >= 15 is 0 Å². The van der Waals surface area contributed by atoms with E-state index in [1.807, 2.05) is 0 Å². The molecule has 0 aromatic heterocycles. The molecule has 1 atom stereocenters. The Labute approximate surface area is 109 Å². The third-order valence-electron chi connectivity index (χ3n) is 2.38. The van der Waals surface area contributed by atoms with Crippen LogP contribution in [0.1, 0.15) is 5.56 Å². The topological polar surface area (TPSA) is 20.3 Å². The van der Waals surface area contributed by atoms with Crippen LogP contribution in [0.3, 0.4) is 0 Å². The smallest absolute Gasteiger partial charge is 0.298 e. The Morgan fingerprint density at radius 3 is 2.56 bits per heavy atom. The molecule has 1 aliphatic rings. The highest BCUT2D eigenvalue weighted by Gasteiger charge is 2.38. The van der Waals surface area contributed by atoms with Crippen molar-refractivity contribution in [2.45, 2.75) is 10.9 Å². The highest BCUT2D eigenvalue weighted by Crippen LogP contribution is 2.38. The van der Waals surface area contributed by atoms with Gasteiger partial charge in [0.2, 0.25) is 0 Å². The molecule has 8 heteroatoms. The number of amides is 1. The first-order valence-corrected chi connectivity index (χ1v) is 6.23. The molecule has 0 bridgehead atoms. The Kier molecular flexibility index (Phi) is 3.46. The van der Waals surface area contributed by atoms with Gasteiger partial charge in [0.15, 0.2) is 10.5 Å². The van der Waals surface area contributed by atoms with Crippen LogP contribution in [0.5, 0.6) is 0 Å². The molecule has 1 fully saturated rings. The number of benzene rings is 1. The van der Waals surface area contributed by atoms with E-state index in [9.17, 15) is 22.4 Å². The van der Waals surface area contributed by atoms with Crippen LogP contribution >= 0.6 is 23.4 Å². The molecule has 1 aliphatic heterocycles. The van der Waals surface area contributed by atoms with Gasteiger partial charge in [0, 0.05) is 0 Å². The molecule has 0 radical (unpaired) electrons. The Morgan fingerprint density at radius 2 is 2.06 bits per heavy atom. The van der Waals surface area contributed by atoms with E-state index in [1.165, 1.54) is 0 Å². The number of hydrogen-bond donors (Lipinski definition) is 0. The lowest BCUT2D eigenvalue weighted by Gasteiger charge is -2.18. The number of anilines is 1. The fraction of sp³-hybridized carbons (Fsp3) is 0.300. The summed E-state index contributed by atoms with van der Waals surface area (Å²) in [7, 11) is 0. The van der Waals surface area contributed by atoms with E-state index in [1.54, 1.807) is 0 Å². The maximum atomic E-state index is 13.8. The molecule has 2 nitrogen and oxygen atoms in total. The summed E-state index contributed by atoms with van der Waals surface area (Å²) in [6.45, 7) is 0. The van der Waals surface area contributed by atoms with E-state index < -0.39 is 33.9 Å². The molecule has 2 rings (SSSR count). The third-order valence-corrected chi connectivity index (χ3v) is 3.85. The summed E-state index contributed by atoms with van der Waals surface area (Å²) in [6.07, 6.45) is -4.80. The minimum Gasteiger partial charge on any atom is -0.298 e. The predicted octanol–water partition coefficient (Wildman–Crippen LogP) is 3.45. The molecule has 1 saturated heterocycles. The van der Waals surface area contributed by atoms with Gasteiger partial charge in [-0.25, -0.2) is 4.39 Å². The van der Waals surface area contributed by atoms with Gasteiger partial charge >= 0.3 is 6.18 Å². The van der Waals surface area contributed by atoms with Gasteiger partial charge in [0.1, 0.15) is 0 Å². The quantitative estimate of drug-likeness (QED) is 0.585. The largest absolute Gasteiger partial charge is 0.419 e. The minimum absolute atomic E-state index is 0.0330. The molecule has 0 aliphatic carbocycles. The molecule has 98 valence electrons. The number of thioether (sulfide) groups is 1. The molecule has 1 amide bonds. The monoisotopic (exact) mass is 299 g/mol. The van der Waals surface area contributed by atoms with Gasteiger partial charge in [-0.05, 0) is 12.1 Å².